The molecule has 2 aromatic rings. The van der Waals surface area contributed by atoms with E-state index in [1.54, 1.807) is 18.2 Å². The van der Waals surface area contributed by atoms with Crippen molar-refractivity contribution >= 4 is 28.9 Å². The summed E-state index contributed by atoms with van der Waals surface area (Å²) in [6.45, 7) is -1.38. The Bertz CT molecular complexity index is 747. The van der Waals surface area contributed by atoms with Crippen molar-refractivity contribution in [3.63, 3.8) is 0 Å². The zero-order valence-corrected chi connectivity index (χ0v) is 14.3. The van der Waals surface area contributed by atoms with Crippen LogP contribution in [0.1, 0.15) is 10.4 Å². The van der Waals surface area contributed by atoms with E-state index in [-0.39, 0.29) is 11.3 Å². The van der Waals surface area contributed by atoms with Gasteiger partial charge in [-0.3, -0.25) is 4.79 Å². The minimum atomic E-state index is -4.41. The molecule has 0 aliphatic carbocycles. The Hall–Kier alpha value is -2.41. The molecule has 134 valence electrons. The number of nitrogens with zero attached hydrogens (tertiary/aromatic N) is 1. The van der Waals surface area contributed by atoms with Crippen LogP contribution in [0.4, 0.5) is 24.5 Å². The predicted octanol–water partition coefficient (Wildman–Crippen LogP) is 4.60. The van der Waals surface area contributed by atoms with Crippen LogP contribution < -0.4 is 15.0 Å². The molecule has 0 saturated heterocycles. The lowest BCUT2D eigenvalue weighted by atomic mass is 10.2. The fraction of sp³-hybridized carbons (Fsp3) is 0.235. The molecule has 0 unspecified atom stereocenters. The fourth-order valence-corrected chi connectivity index (χ4v) is 2.37. The first-order chi connectivity index (χ1) is 11.7. The molecule has 0 fully saturated rings. The minimum Gasteiger partial charge on any atom is -0.484 e. The van der Waals surface area contributed by atoms with Crippen LogP contribution in [0, 0.1) is 0 Å². The second-order valence-corrected chi connectivity index (χ2v) is 5.85. The van der Waals surface area contributed by atoms with E-state index in [4.69, 9.17) is 11.6 Å². The number of carbonyl (C=O) groups excluding carboxylic acids is 1. The summed E-state index contributed by atoms with van der Waals surface area (Å²) in [5, 5.41) is 3.16. The first-order valence-electron chi connectivity index (χ1n) is 7.23. The smallest absolute Gasteiger partial charge is 0.422 e. The zero-order valence-electron chi connectivity index (χ0n) is 13.5. The number of amides is 1. The topological polar surface area (TPSA) is 41.6 Å². The minimum absolute atomic E-state index is 0.0345. The van der Waals surface area contributed by atoms with E-state index in [1.165, 1.54) is 24.3 Å². The lowest BCUT2D eigenvalue weighted by Crippen LogP contribution is -2.19. The van der Waals surface area contributed by atoms with E-state index in [0.29, 0.717) is 10.7 Å². The molecule has 0 saturated carbocycles. The molecule has 1 amide bonds. The maximum absolute atomic E-state index is 12.2. The standard InChI is InChI=1S/C17H16ClF3N2O2/c1-23(2)15-8-5-12(9-14(15)18)22-16(24)11-3-6-13(7-4-11)25-10-17(19,20)21/h3-9H,10H2,1-2H3,(H,22,24). The number of ether oxygens (including phenoxy) is 1. The van der Waals surface area contributed by atoms with Gasteiger partial charge in [-0.15, -0.1) is 0 Å². The average molecular weight is 373 g/mol. The third-order valence-electron chi connectivity index (χ3n) is 3.21. The normalized spacial score (nSPS) is 11.1. The summed E-state index contributed by atoms with van der Waals surface area (Å²) in [5.74, 6) is -0.372. The van der Waals surface area contributed by atoms with Crippen molar-refractivity contribution in [3.05, 3.63) is 53.1 Å². The van der Waals surface area contributed by atoms with Crippen LogP contribution in [0.15, 0.2) is 42.5 Å². The predicted molar refractivity (Wildman–Crippen MR) is 91.7 cm³/mol. The largest absolute Gasteiger partial charge is 0.484 e. The quantitative estimate of drug-likeness (QED) is 0.834. The number of carbonyl (C=O) groups is 1. The van der Waals surface area contributed by atoms with E-state index in [1.807, 2.05) is 19.0 Å². The van der Waals surface area contributed by atoms with Gasteiger partial charge in [-0.1, -0.05) is 11.6 Å². The molecule has 0 bridgehead atoms. The van der Waals surface area contributed by atoms with Gasteiger partial charge < -0.3 is 15.0 Å². The molecule has 0 aromatic heterocycles. The summed E-state index contributed by atoms with van der Waals surface area (Å²) in [5.41, 5.74) is 1.61. The molecule has 0 heterocycles. The number of hydrogen-bond donors (Lipinski definition) is 1. The average Bonchev–Trinajstić information content (AvgIpc) is 2.52. The maximum atomic E-state index is 12.2. The van der Waals surface area contributed by atoms with E-state index in [2.05, 4.69) is 10.1 Å². The summed E-state index contributed by atoms with van der Waals surface area (Å²) < 4.78 is 40.9. The van der Waals surface area contributed by atoms with Gasteiger partial charge in [-0.25, -0.2) is 0 Å². The lowest BCUT2D eigenvalue weighted by Gasteiger charge is -2.15. The number of alkyl halides is 3. The third-order valence-corrected chi connectivity index (χ3v) is 3.51. The second kappa shape index (κ2) is 7.65. The Balaban J connectivity index is 2.02. The Morgan fingerprint density at radius 3 is 2.32 bits per heavy atom. The molecule has 0 spiro atoms. The summed E-state index contributed by atoms with van der Waals surface area (Å²) >= 11 is 6.14. The first kappa shape index (κ1) is 18.9. The van der Waals surface area contributed by atoms with E-state index < -0.39 is 18.7 Å². The molecule has 2 rings (SSSR count). The van der Waals surface area contributed by atoms with Crippen molar-refractivity contribution in [2.24, 2.45) is 0 Å². The van der Waals surface area contributed by atoms with Crippen LogP contribution in [-0.2, 0) is 0 Å². The highest BCUT2D eigenvalue weighted by atomic mass is 35.5. The van der Waals surface area contributed by atoms with Crippen molar-refractivity contribution in [2.75, 3.05) is 30.9 Å². The fourth-order valence-electron chi connectivity index (χ4n) is 2.02. The van der Waals surface area contributed by atoms with Crippen LogP contribution in [0.3, 0.4) is 0 Å². The van der Waals surface area contributed by atoms with Crippen LogP contribution in [0.2, 0.25) is 5.02 Å². The molecule has 1 N–H and O–H groups in total. The van der Waals surface area contributed by atoms with E-state index in [9.17, 15) is 18.0 Å². The van der Waals surface area contributed by atoms with Crippen LogP contribution in [-0.4, -0.2) is 32.8 Å². The molecule has 2 aromatic carbocycles. The Morgan fingerprint density at radius 1 is 1.16 bits per heavy atom. The van der Waals surface area contributed by atoms with Crippen LogP contribution in [0.25, 0.3) is 0 Å². The molecular formula is C17H16ClF3N2O2. The lowest BCUT2D eigenvalue weighted by molar-refractivity contribution is -0.153. The molecule has 4 nitrogen and oxygen atoms in total. The Morgan fingerprint density at radius 2 is 1.80 bits per heavy atom. The summed E-state index contributed by atoms with van der Waals surface area (Å²) in [6.07, 6.45) is -4.41. The monoisotopic (exact) mass is 372 g/mol. The zero-order chi connectivity index (χ0) is 18.6. The molecule has 8 heteroatoms. The highest BCUT2D eigenvalue weighted by molar-refractivity contribution is 6.33. The Kier molecular flexibility index (Phi) is 5.79. The third kappa shape index (κ3) is 5.56. The van der Waals surface area contributed by atoms with Crippen molar-refractivity contribution < 1.29 is 22.7 Å². The number of benzene rings is 2. The highest BCUT2D eigenvalue weighted by Gasteiger charge is 2.28. The Labute approximate surface area is 148 Å². The first-order valence-corrected chi connectivity index (χ1v) is 7.61. The molecule has 0 aliphatic heterocycles. The SMILES string of the molecule is CN(C)c1ccc(NC(=O)c2ccc(OCC(F)(F)F)cc2)cc1Cl. The highest BCUT2D eigenvalue weighted by Crippen LogP contribution is 2.27. The van der Waals surface area contributed by atoms with Gasteiger partial charge in [-0.05, 0) is 42.5 Å². The number of nitrogens with one attached hydrogen (secondary N) is 1. The summed E-state index contributed by atoms with van der Waals surface area (Å²) in [4.78, 5) is 14.0. The number of halogens is 4. The van der Waals surface area contributed by atoms with Crippen molar-refractivity contribution in [2.45, 2.75) is 6.18 Å². The molecule has 0 radical (unpaired) electrons. The number of rotatable bonds is 5. The number of hydrogen-bond acceptors (Lipinski definition) is 3. The van der Waals surface area contributed by atoms with Gasteiger partial charge in [0, 0.05) is 25.3 Å². The van der Waals surface area contributed by atoms with Gasteiger partial charge in [-0.2, -0.15) is 13.2 Å². The molecular weight excluding hydrogens is 357 g/mol. The molecule has 0 atom stereocenters. The number of anilines is 2. The van der Waals surface area contributed by atoms with Crippen molar-refractivity contribution in [1.82, 2.24) is 0 Å². The van der Waals surface area contributed by atoms with Gasteiger partial charge in [0.15, 0.2) is 6.61 Å². The van der Waals surface area contributed by atoms with Crippen LogP contribution >= 0.6 is 11.6 Å². The van der Waals surface area contributed by atoms with Crippen LogP contribution in [0.5, 0.6) is 5.75 Å². The molecule has 0 aliphatic rings. The van der Waals surface area contributed by atoms with E-state index in [0.717, 1.165) is 5.69 Å². The summed E-state index contributed by atoms with van der Waals surface area (Å²) in [6, 6.07) is 10.5. The van der Waals surface area contributed by atoms with Crippen molar-refractivity contribution in [1.29, 1.82) is 0 Å². The van der Waals surface area contributed by atoms with Gasteiger partial charge in [0.2, 0.25) is 0 Å². The maximum Gasteiger partial charge on any atom is 0.422 e. The second-order valence-electron chi connectivity index (χ2n) is 5.44. The van der Waals surface area contributed by atoms with Gasteiger partial charge >= 0.3 is 6.18 Å². The van der Waals surface area contributed by atoms with Gasteiger partial charge in [0.25, 0.3) is 5.91 Å². The molecule has 25 heavy (non-hydrogen) atoms. The summed E-state index contributed by atoms with van der Waals surface area (Å²) in [7, 11) is 3.70. The van der Waals surface area contributed by atoms with Crippen molar-refractivity contribution in [3.8, 4) is 5.75 Å². The van der Waals surface area contributed by atoms with Gasteiger partial charge in [0.1, 0.15) is 5.75 Å². The van der Waals surface area contributed by atoms with E-state index >= 15 is 0 Å². The van der Waals surface area contributed by atoms with Gasteiger partial charge in [0.05, 0.1) is 10.7 Å².